The monoisotopic (exact) mass is 245 g/mol. The minimum atomic E-state index is -1.16. The predicted molar refractivity (Wildman–Crippen MR) is 64.6 cm³/mol. The fourth-order valence-electron chi connectivity index (χ4n) is 1.38. The Kier molecular flexibility index (Phi) is 9.43. The number of esters is 1. The van der Waals surface area contributed by atoms with Gasteiger partial charge in [-0.15, -0.1) is 0 Å². The SMILES string of the molecule is CCCCCCCCC(=O)OCC(N)C(=O)O. The minimum Gasteiger partial charge on any atom is -0.480 e. The van der Waals surface area contributed by atoms with Crippen LogP contribution in [-0.4, -0.2) is 29.7 Å². The van der Waals surface area contributed by atoms with Crippen molar-refractivity contribution >= 4 is 11.9 Å². The van der Waals surface area contributed by atoms with Crippen LogP contribution < -0.4 is 5.73 Å². The summed E-state index contributed by atoms with van der Waals surface area (Å²) in [5.41, 5.74) is 5.20. The number of aliphatic carboxylic acids is 1. The number of unbranched alkanes of at least 4 members (excludes halogenated alkanes) is 5. The molecule has 5 nitrogen and oxygen atoms in total. The molecule has 0 aromatic rings. The Bertz CT molecular complexity index is 231. The Balaban J connectivity index is 3.38. The third-order valence-corrected chi connectivity index (χ3v) is 2.48. The summed E-state index contributed by atoms with van der Waals surface area (Å²) in [5.74, 6) is -1.52. The molecule has 5 heteroatoms. The first-order valence-electron chi connectivity index (χ1n) is 6.22. The van der Waals surface area contributed by atoms with E-state index in [0.29, 0.717) is 6.42 Å². The molecule has 0 aliphatic carbocycles. The second-order valence-electron chi connectivity index (χ2n) is 4.15. The van der Waals surface area contributed by atoms with Crippen LogP contribution >= 0.6 is 0 Å². The van der Waals surface area contributed by atoms with Crippen molar-refractivity contribution in [1.82, 2.24) is 0 Å². The molecule has 0 amide bonds. The Hall–Kier alpha value is -1.10. The van der Waals surface area contributed by atoms with E-state index in [1.54, 1.807) is 0 Å². The smallest absolute Gasteiger partial charge is 0.324 e. The number of carboxylic acids is 1. The lowest BCUT2D eigenvalue weighted by Crippen LogP contribution is -2.35. The van der Waals surface area contributed by atoms with Gasteiger partial charge < -0.3 is 15.6 Å². The van der Waals surface area contributed by atoms with Crippen molar-refractivity contribution in [3.05, 3.63) is 0 Å². The van der Waals surface area contributed by atoms with Crippen LogP contribution in [0.2, 0.25) is 0 Å². The van der Waals surface area contributed by atoms with Gasteiger partial charge in [0.15, 0.2) is 0 Å². The van der Waals surface area contributed by atoms with Crippen molar-refractivity contribution in [2.45, 2.75) is 57.9 Å². The van der Waals surface area contributed by atoms with Gasteiger partial charge in [-0.05, 0) is 6.42 Å². The fraction of sp³-hybridized carbons (Fsp3) is 0.833. The third-order valence-electron chi connectivity index (χ3n) is 2.48. The van der Waals surface area contributed by atoms with E-state index < -0.39 is 12.0 Å². The Morgan fingerprint density at radius 2 is 1.76 bits per heavy atom. The van der Waals surface area contributed by atoms with Gasteiger partial charge in [0.25, 0.3) is 0 Å². The van der Waals surface area contributed by atoms with E-state index in [2.05, 4.69) is 6.92 Å². The van der Waals surface area contributed by atoms with Crippen molar-refractivity contribution < 1.29 is 19.4 Å². The molecule has 0 spiro atoms. The highest BCUT2D eigenvalue weighted by Crippen LogP contribution is 2.07. The number of hydrogen-bond donors (Lipinski definition) is 2. The van der Waals surface area contributed by atoms with E-state index in [9.17, 15) is 9.59 Å². The lowest BCUT2D eigenvalue weighted by Gasteiger charge is -2.07. The van der Waals surface area contributed by atoms with Crippen molar-refractivity contribution in [2.24, 2.45) is 5.73 Å². The van der Waals surface area contributed by atoms with Gasteiger partial charge in [-0.3, -0.25) is 9.59 Å². The number of rotatable bonds is 10. The first-order chi connectivity index (χ1) is 8.07. The maximum Gasteiger partial charge on any atom is 0.324 e. The molecule has 0 saturated heterocycles. The summed E-state index contributed by atoms with van der Waals surface area (Å²) < 4.78 is 4.75. The molecule has 0 aromatic heterocycles. The number of carbonyl (C=O) groups excluding carboxylic acids is 1. The van der Waals surface area contributed by atoms with Gasteiger partial charge in [-0.1, -0.05) is 39.0 Å². The summed E-state index contributed by atoms with van der Waals surface area (Å²) >= 11 is 0. The van der Waals surface area contributed by atoms with Crippen LogP contribution in [0, 0.1) is 0 Å². The van der Waals surface area contributed by atoms with Gasteiger partial charge in [0.05, 0.1) is 0 Å². The van der Waals surface area contributed by atoms with Gasteiger partial charge >= 0.3 is 11.9 Å². The summed E-state index contributed by atoms with van der Waals surface area (Å²) in [5, 5.41) is 8.48. The number of hydrogen-bond acceptors (Lipinski definition) is 4. The Morgan fingerprint density at radius 3 is 2.35 bits per heavy atom. The van der Waals surface area contributed by atoms with E-state index in [1.165, 1.54) is 19.3 Å². The topological polar surface area (TPSA) is 89.6 Å². The highest BCUT2D eigenvalue weighted by molar-refractivity contribution is 5.74. The largest absolute Gasteiger partial charge is 0.480 e. The molecule has 0 aliphatic heterocycles. The maximum absolute atomic E-state index is 11.2. The summed E-state index contributed by atoms with van der Waals surface area (Å²) in [6.07, 6.45) is 6.93. The second kappa shape index (κ2) is 10.1. The lowest BCUT2D eigenvalue weighted by atomic mass is 10.1. The molecule has 0 saturated carbocycles. The standard InChI is InChI=1S/C12H23NO4/c1-2-3-4-5-6-7-8-11(14)17-9-10(13)12(15)16/h10H,2-9,13H2,1H3,(H,15,16). The van der Waals surface area contributed by atoms with E-state index >= 15 is 0 Å². The van der Waals surface area contributed by atoms with Crippen LogP contribution in [0.5, 0.6) is 0 Å². The summed E-state index contributed by atoms with van der Waals surface area (Å²) in [4.78, 5) is 21.5. The molecule has 0 fully saturated rings. The highest BCUT2D eigenvalue weighted by Gasteiger charge is 2.13. The van der Waals surface area contributed by atoms with Crippen LogP contribution in [0.25, 0.3) is 0 Å². The minimum absolute atomic E-state index is 0.246. The van der Waals surface area contributed by atoms with Crippen molar-refractivity contribution in [2.75, 3.05) is 6.61 Å². The average Bonchev–Trinajstić information content (AvgIpc) is 2.30. The quantitative estimate of drug-likeness (QED) is 0.451. The zero-order valence-corrected chi connectivity index (χ0v) is 10.5. The van der Waals surface area contributed by atoms with E-state index in [1.807, 2.05) is 0 Å². The van der Waals surface area contributed by atoms with E-state index in [-0.39, 0.29) is 12.6 Å². The molecule has 100 valence electrons. The van der Waals surface area contributed by atoms with Gasteiger partial charge in [-0.25, -0.2) is 0 Å². The molecule has 3 N–H and O–H groups in total. The van der Waals surface area contributed by atoms with Crippen molar-refractivity contribution in [3.8, 4) is 0 Å². The predicted octanol–water partition coefficient (Wildman–Crippen LogP) is 1.69. The molecule has 17 heavy (non-hydrogen) atoms. The van der Waals surface area contributed by atoms with Crippen molar-refractivity contribution in [1.29, 1.82) is 0 Å². The lowest BCUT2D eigenvalue weighted by molar-refractivity contribution is -0.147. The van der Waals surface area contributed by atoms with Gasteiger partial charge in [0, 0.05) is 6.42 Å². The molecule has 0 aromatic carbocycles. The van der Waals surface area contributed by atoms with Crippen LogP contribution in [0.4, 0.5) is 0 Å². The number of nitrogens with two attached hydrogens (primary N) is 1. The average molecular weight is 245 g/mol. The summed E-state index contributed by atoms with van der Waals surface area (Å²) in [6, 6.07) is -1.12. The van der Waals surface area contributed by atoms with E-state index in [0.717, 1.165) is 19.3 Å². The first kappa shape index (κ1) is 15.9. The third kappa shape index (κ3) is 9.81. The molecular weight excluding hydrogens is 222 g/mol. The van der Waals surface area contributed by atoms with Gasteiger partial charge in [-0.2, -0.15) is 0 Å². The molecular formula is C12H23NO4. The number of ether oxygens (including phenoxy) is 1. The maximum atomic E-state index is 11.2. The first-order valence-corrected chi connectivity index (χ1v) is 6.22. The Labute approximate surface area is 102 Å². The highest BCUT2D eigenvalue weighted by atomic mass is 16.5. The fourth-order valence-corrected chi connectivity index (χ4v) is 1.38. The number of carboxylic acid groups (broad SMARTS) is 1. The molecule has 0 radical (unpaired) electrons. The second-order valence-corrected chi connectivity index (χ2v) is 4.15. The van der Waals surface area contributed by atoms with Crippen LogP contribution in [0.3, 0.4) is 0 Å². The number of carbonyl (C=O) groups is 2. The van der Waals surface area contributed by atoms with Gasteiger partial charge in [0.2, 0.25) is 0 Å². The molecule has 1 unspecified atom stereocenters. The molecule has 0 rings (SSSR count). The van der Waals surface area contributed by atoms with Crippen molar-refractivity contribution in [3.63, 3.8) is 0 Å². The van der Waals surface area contributed by atoms with E-state index in [4.69, 9.17) is 15.6 Å². The molecule has 0 heterocycles. The van der Waals surface area contributed by atoms with Crippen LogP contribution in [-0.2, 0) is 14.3 Å². The van der Waals surface area contributed by atoms with Crippen LogP contribution in [0.15, 0.2) is 0 Å². The van der Waals surface area contributed by atoms with Gasteiger partial charge in [0.1, 0.15) is 12.6 Å². The van der Waals surface area contributed by atoms with Crippen LogP contribution in [0.1, 0.15) is 51.9 Å². The summed E-state index contributed by atoms with van der Waals surface area (Å²) in [6.45, 7) is 1.91. The molecule has 1 atom stereocenters. The molecule has 0 bridgehead atoms. The normalized spacial score (nSPS) is 12.1. The Morgan fingerprint density at radius 1 is 1.18 bits per heavy atom. The zero-order chi connectivity index (χ0) is 13.1. The molecule has 0 aliphatic rings. The summed E-state index contributed by atoms with van der Waals surface area (Å²) in [7, 11) is 0. The zero-order valence-electron chi connectivity index (χ0n) is 10.5.